The van der Waals surface area contributed by atoms with Gasteiger partial charge in [0.1, 0.15) is 0 Å². The zero-order chi connectivity index (χ0) is 21.5. The van der Waals surface area contributed by atoms with Crippen molar-refractivity contribution in [2.75, 3.05) is 18.6 Å². The van der Waals surface area contributed by atoms with Crippen LogP contribution in [0, 0.1) is 13.8 Å². The van der Waals surface area contributed by atoms with Gasteiger partial charge in [0.2, 0.25) is 5.91 Å². The molecule has 6 nitrogen and oxygen atoms in total. The molecule has 30 heavy (non-hydrogen) atoms. The van der Waals surface area contributed by atoms with Crippen molar-refractivity contribution in [1.29, 1.82) is 0 Å². The Morgan fingerprint density at radius 1 is 1.17 bits per heavy atom. The van der Waals surface area contributed by atoms with E-state index in [0.717, 1.165) is 33.3 Å². The number of carbonyl (C=O) groups excluding carboxylic acids is 1. The van der Waals surface area contributed by atoms with Crippen molar-refractivity contribution in [3.63, 3.8) is 0 Å². The van der Waals surface area contributed by atoms with Gasteiger partial charge in [-0.2, -0.15) is 5.10 Å². The summed E-state index contributed by atoms with van der Waals surface area (Å²) in [4.78, 5) is 14.7. The predicted octanol–water partition coefficient (Wildman–Crippen LogP) is 3.21. The van der Waals surface area contributed by atoms with E-state index >= 15 is 0 Å². The highest BCUT2D eigenvalue weighted by molar-refractivity contribution is 7.91. The molecule has 0 radical (unpaired) electrons. The smallest absolute Gasteiger partial charge is 0.227 e. The van der Waals surface area contributed by atoms with Crippen LogP contribution in [0.3, 0.4) is 0 Å². The first-order chi connectivity index (χ1) is 14.2. The van der Waals surface area contributed by atoms with Gasteiger partial charge in [-0.05, 0) is 36.6 Å². The monoisotopic (exact) mass is 425 g/mol. The minimum absolute atomic E-state index is 0.0429. The highest BCUT2D eigenvalue weighted by Crippen LogP contribution is 2.27. The van der Waals surface area contributed by atoms with E-state index in [1.54, 1.807) is 4.90 Å². The lowest BCUT2D eigenvalue weighted by Crippen LogP contribution is -2.28. The van der Waals surface area contributed by atoms with Crippen LogP contribution in [0.4, 0.5) is 0 Å². The van der Waals surface area contributed by atoms with Crippen molar-refractivity contribution in [1.82, 2.24) is 14.7 Å². The second-order valence-corrected chi connectivity index (χ2v) is 10.4. The molecular formula is C23H27N3O3S. The molecule has 0 bridgehead atoms. The van der Waals surface area contributed by atoms with Crippen molar-refractivity contribution >= 4 is 26.5 Å². The molecule has 1 aliphatic heterocycles. The fourth-order valence-electron chi connectivity index (χ4n) is 4.32. The van der Waals surface area contributed by atoms with E-state index in [4.69, 9.17) is 0 Å². The van der Waals surface area contributed by atoms with Crippen LogP contribution in [0.2, 0.25) is 0 Å². The van der Waals surface area contributed by atoms with Gasteiger partial charge >= 0.3 is 0 Å². The van der Waals surface area contributed by atoms with Crippen molar-refractivity contribution in [3.05, 3.63) is 65.0 Å². The third kappa shape index (κ3) is 3.99. The largest absolute Gasteiger partial charge is 0.341 e. The van der Waals surface area contributed by atoms with Gasteiger partial charge in [-0.25, -0.2) is 8.42 Å². The van der Waals surface area contributed by atoms with Crippen LogP contribution < -0.4 is 0 Å². The molecule has 1 saturated heterocycles. The summed E-state index contributed by atoms with van der Waals surface area (Å²) in [5.74, 6) is 0.403. The summed E-state index contributed by atoms with van der Waals surface area (Å²) in [6.07, 6.45) is 0.935. The van der Waals surface area contributed by atoms with Gasteiger partial charge in [0.05, 0.1) is 29.7 Å². The van der Waals surface area contributed by atoms with Crippen LogP contribution in [0.1, 0.15) is 35.0 Å². The highest BCUT2D eigenvalue weighted by Gasteiger charge is 2.31. The average molecular weight is 426 g/mol. The summed E-state index contributed by atoms with van der Waals surface area (Å²) in [5.41, 5.74) is 3.80. The molecule has 0 spiro atoms. The SMILES string of the molecule is Cc1nn([C@H]2CCS(=O)(=O)C2)c(C)c1CN(C)C(=O)Cc1cccc2ccccc12. The van der Waals surface area contributed by atoms with E-state index in [1.807, 2.05) is 55.9 Å². The van der Waals surface area contributed by atoms with E-state index in [-0.39, 0.29) is 23.5 Å². The Balaban J connectivity index is 1.51. The Labute approximate surface area is 177 Å². The van der Waals surface area contributed by atoms with E-state index in [1.165, 1.54) is 0 Å². The Morgan fingerprint density at radius 3 is 2.63 bits per heavy atom. The molecule has 0 aliphatic carbocycles. The van der Waals surface area contributed by atoms with E-state index in [0.29, 0.717) is 19.4 Å². The Kier molecular flexibility index (Phi) is 5.40. The standard InChI is InChI=1S/C23H27N3O3S/c1-16-22(17(2)26(24-16)20-11-12-30(28,29)15-20)14-25(3)23(27)13-19-9-6-8-18-7-4-5-10-21(18)19/h4-10,20H,11-15H2,1-3H3/t20-/m0/s1. The van der Waals surface area contributed by atoms with Crippen LogP contribution >= 0.6 is 0 Å². The van der Waals surface area contributed by atoms with Crippen LogP contribution in [-0.4, -0.2) is 47.6 Å². The quantitative estimate of drug-likeness (QED) is 0.629. The maximum absolute atomic E-state index is 13.0. The van der Waals surface area contributed by atoms with Crippen LogP contribution in [0.15, 0.2) is 42.5 Å². The summed E-state index contributed by atoms with van der Waals surface area (Å²) in [5, 5.41) is 6.84. The third-order valence-corrected chi connectivity index (χ3v) is 7.82. The Morgan fingerprint density at radius 2 is 1.90 bits per heavy atom. The molecule has 4 rings (SSSR count). The zero-order valence-corrected chi connectivity index (χ0v) is 18.4. The summed E-state index contributed by atoms with van der Waals surface area (Å²) in [6, 6.07) is 14.0. The van der Waals surface area contributed by atoms with E-state index in [2.05, 4.69) is 17.2 Å². The summed E-state index contributed by atoms with van der Waals surface area (Å²) in [6.45, 7) is 4.34. The molecule has 3 aromatic rings. The molecule has 1 atom stereocenters. The molecule has 0 N–H and O–H groups in total. The lowest BCUT2D eigenvalue weighted by atomic mass is 10.0. The van der Waals surface area contributed by atoms with Crippen LogP contribution in [-0.2, 0) is 27.6 Å². The molecule has 1 amide bonds. The second kappa shape index (κ2) is 7.87. The number of benzene rings is 2. The molecule has 0 unspecified atom stereocenters. The number of aryl methyl sites for hydroxylation is 1. The first kappa shape index (κ1) is 20.6. The first-order valence-corrected chi connectivity index (χ1v) is 12.0. The number of rotatable bonds is 5. The van der Waals surface area contributed by atoms with Crippen LogP contribution in [0.25, 0.3) is 10.8 Å². The van der Waals surface area contributed by atoms with Crippen molar-refractivity contribution in [2.24, 2.45) is 0 Å². The first-order valence-electron chi connectivity index (χ1n) is 10.2. The fourth-order valence-corrected chi connectivity index (χ4v) is 6.01. The molecule has 1 aromatic heterocycles. The van der Waals surface area contributed by atoms with Gasteiger partial charge in [0.15, 0.2) is 9.84 Å². The topological polar surface area (TPSA) is 72.3 Å². The number of fused-ring (bicyclic) bond motifs is 1. The second-order valence-electron chi connectivity index (χ2n) is 8.22. The molecular weight excluding hydrogens is 398 g/mol. The van der Waals surface area contributed by atoms with Crippen molar-refractivity contribution < 1.29 is 13.2 Å². The molecule has 0 saturated carbocycles. The van der Waals surface area contributed by atoms with Gasteiger partial charge in [-0.1, -0.05) is 42.5 Å². The van der Waals surface area contributed by atoms with Crippen LogP contribution in [0.5, 0.6) is 0 Å². The maximum atomic E-state index is 13.0. The summed E-state index contributed by atoms with van der Waals surface area (Å²) < 4.78 is 25.6. The summed E-state index contributed by atoms with van der Waals surface area (Å²) >= 11 is 0. The highest BCUT2D eigenvalue weighted by atomic mass is 32.2. The number of aromatic nitrogens is 2. The minimum atomic E-state index is -2.98. The molecule has 158 valence electrons. The zero-order valence-electron chi connectivity index (χ0n) is 17.6. The number of nitrogens with zero attached hydrogens (tertiary/aromatic N) is 3. The molecule has 1 fully saturated rings. The molecule has 2 aromatic carbocycles. The van der Waals surface area contributed by atoms with Gasteiger partial charge in [0, 0.05) is 24.8 Å². The number of likely N-dealkylation sites (N-methyl/N-ethyl adjacent to an activating group) is 1. The molecule has 2 heterocycles. The Bertz CT molecular complexity index is 1210. The lowest BCUT2D eigenvalue weighted by molar-refractivity contribution is -0.129. The van der Waals surface area contributed by atoms with E-state index < -0.39 is 9.84 Å². The predicted molar refractivity (Wildman–Crippen MR) is 118 cm³/mol. The average Bonchev–Trinajstić information content (AvgIpc) is 3.21. The maximum Gasteiger partial charge on any atom is 0.227 e. The van der Waals surface area contributed by atoms with Crippen molar-refractivity contribution in [3.8, 4) is 0 Å². The fraction of sp³-hybridized carbons (Fsp3) is 0.391. The van der Waals surface area contributed by atoms with E-state index in [9.17, 15) is 13.2 Å². The number of hydrogen-bond donors (Lipinski definition) is 0. The Hall–Kier alpha value is -2.67. The number of hydrogen-bond acceptors (Lipinski definition) is 4. The van der Waals surface area contributed by atoms with Gasteiger partial charge < -0.3 is 4.90 Å². The molecule has 1 aliphatic rings. The number of sulfone groups is 1. The third-order valence-electron chi connectivity index (χ3n) is 6.07. The summed E-state index contributed by atoms with van der Waals surface area (Å²) in [7, 11) is -1.17. The van der Waals surface area contributed by atoms with Crippen molar-refractivity contribution in [2.45, 2.75) is 39.3 Å². The number of carbonyl (C=O) groups is 1. The van der Waals surface area contributed by atoms with Gasteiger partial charge in [-0.3, -0.25) is 9.48 Å². The lowest BCUT2D eigenvalue weighted by Gasteiger charge is -2.19. The normalized spacial score (nSPS) is 18.0. The van der Waals surface area contributed by atoms with Gasteiger partial charge in [-0.15, -0.1) is 0 Å². The molecule has 7 heteroatoms. The minimum Gasteiger partial charge on any atom is -0.341 e. The van der Waals surface area contributed by atoms with Gasteiger partial charge in [0.25, 0.3) is 0 Å². The number of amides is 1.